The van der Waals surface area contributed by atoms with E-state index < -0.39 is 42.7 Å². The smallest absolute Gasteiger partial charge is 0.395 e. The predicted molar refractivity (Wildman–Crippen MR) is 115 cm³/mol. The molecule has 174 valence electrons. The molecule has 1 aromatic rings. The maximum absolute atomic E-state index is 12.1. The molecule has 1 saturated heterocycles. The van der Waals surface area contributed by atoms with Gasteiger partial charge in [0.2, 0.25) is 0 Å². The molecule has 0 aliphatic carbocycles. The first-order valence-electron chi connectivity index (χ1n) is 9.28. The second-order valence-electron chi connectivity index (χ2n) is 7.70. The summed E-state index contributed by atoms with van der Waals surface area (Å²) < 4.78 is 28.8. The molecule has 14 heteroatoms. The lowest BCUT2D eigenvalue weighted by Crippen LogP contribution is -2.42. The molecule has 11 nitrogen and oxygen atoms in total. The highest BCUT2D eigenvalue weighted by atomic mass is 35.5. The van der Waals surface area contributed by atoms with E-state index in [2.05, 4.69) is 4.98 Å². The fraction of sp³-hybridized carbons (Fsp3) is 0.706. The molecular weight excluding hydrogens is 473 g/mol. The van der Waals surface area contributed by atoms with Crippen LogP contribution in [0.3, 0.4) is 0 Å². The summed E-state index contributed by atoms with van der Waals surface area (Å²) in [7, 11) is -2.54. The molecule has 1 aromatic heterocycles. The number of aliphatic hydroxyl groups excluding tert-OH is 2. The number of nitrogen functional groups attached to an aromatic ring is 1. The third-order valence-electron chi connectivity index (χ3n) is 4.63. The average molecular weight is 499 g/mol. The van der Waals surface area contributed by atoms with Crippen molar-refractivity contribution in [1.82, 2.24) is 9.55 Å². The number of aliphatic hydroxyl groups is 2. The van der Waals surface area contributed by atoms with Gasteiger partial charge < -0.3 is 20.7 Å². The summed E-state index contributed by atoms with van der Waals surface area (Å²) in [6, 6.07) is 1.39. The average Bonchev–Trinajstić information content (AvgIpc) is 2.92. The normalized spacial score (nSPS) is 26.8. The zero-order valence-corrected chi connectivity index (χ0v) is 19.7. The summed E-state index contributed by atoms with van der Waals surface area (Å²) in [4.78, 5) is 26.2. The molecule has 2 heterocycles. The fourth-order valence-electron chi connectivity index (χ4n) is 2.63. The van der Waals surface area contributed by atoms with Crippen LogP contribution in [0.5, 0.6) is 0 Å². The number of nitrogens with zero attached hydrogens (tertiary/aromatic N) is 2. The van der Waals surface area contributed by atoms with E-state index >= 15 is 0 Å². The van der Waals surface area contributed by atoms with Gasteiger partial charge in [-0.2, -0.15) is 4.98 Å². The minimum atomic E-state index is -2.54. The Morgan fingerprint density at radius 1 is 1.52 bits per heavy atom. The van der Waals surface area contributed by atoms with Gasteiger partial charge in [-0.3, -0.25) is 9.36 Å². The van der Waals surface area contributed by atoms with Crippen molar-refractivity contribution in [3.05, 3.63) is 22.7 Å². The van der Waals surface area contributed by atoms with Crippen LogP contribution in [-0.4, -0.2) is 67.5 Å². The predicted octanol–water partition coefficient (Wildman–Crippen LogP) is 1.05. The SMILES string of the molecule is CC(C)(CO)C(=O)SCCO[P+](=O)OCC1OC(n2ccc(N)nc2=O)C(C)(Cl)C1O. The number of hydrogen-bond acceptors (Lipinski definition) is 11. The third-order valence-corrected chi connectivity index (χ3v) is 6.98. The monoisotopic (exact) mass is 498 g/mol. The number of rotatable bonds is 10. The van der Waals surface area contributed by atoms with Crippen LogP contribution in [0.15, 0.2) is 17.1 Å². The van der Waals surface area contributed by atoms with Crippen molar-refractivity contribution >= 4 is 42.6 Å². The van der Waals surface area contributed by atoms with E-state index in [1.165, 1.54) is 19.2 Å². The van der Waals surface area contributed by atoms with Gasteiger partial charge in [0.1, 0.15) is 36.1 Å². The van der Waals surface area contributed by atoms with E-state index in [1.54, 1.807) is 13.8 Å². The summed E-state index contributed by atoms with van der Waals surface area (Å²) in [5.74, 6) is 0.259. The molecule has 0 saturated carbocycles. The minimum Gasteiger partial charge on any atom is -0.395 e. The zero-order valence-electron chi connectivity index (χ0n) is 17.3. The molecule has 4 N–H and O–H groups in total. The van der Waals surface area contributed by atoms with Crippen LogP contribution in [0.2, 0.25) is 0 Å². The molecule has 31 heavy (non-hydrogen) atoms. The van der Waals surface area contributed by atoms with E-state index in [1.807, 2.05) is 0 Å². The summed E-state index contributed by atoms with van der Waals surface area (Å²) in [6.07, 6.45) is -1.94. The Balaban J connectivity index is 1.85. The van der Waals surface area contributed by atoms with Crippen molar-refractivity contribution in [3.8, 4) is 0 Å². The third kappa shape index (κ3) is 6.45. The van der Waals surface area contributed by atoms with Gasteiger partial charge in [0.15, 0.2) is 11.3 Å². The van der Waals surface area contributed by atoms with Gasteiger partial charge in [0, 0.05) is 16.5 Å². The molecule has 0 amide bonds. The summed E-state index contributed by atoms with van der Waals surface area (Å²) in [5.41, 5.74) is 3.91. The first kappa shape index (κ1) is 26.1. The summed E-state index contributed by atoms with van der Waals surface area (Å²) in [6.45, 7) is 4.11. The second-order valence-corrected chi connectivity index (χ2v) is 10.5. The molecule has 0 spiro atoms. The van der Waals surface area contributed by atoms with Gasteiger partial charge in [-0.15, -0.1) is 20.6 Å². The molecule has 0 bridgehead atoms. The molecule has 1 fully saturated rings. The lowest BCUT2D eigenvalue weighted by molar-refractivity contribution is -0.119. The van der Waals surface area contributed by atoms with Gasteiger partial charge in [-0.1, -0.05) is 11.8 Å². The molecule has 0 aromatic carbocycles. The van der Waals surface area contributed by atoms with Gasteiger partial charge >= 0.3 is 13.9 Å². The van der Waals surface area contributed by atoms with Crippen molar-refractivity contribution in [3.63, 3.8) is 0 Å². The number of carbonyl (C=O) groups excluding carboxylic acids is 1. The highest BCUT2D eigenvalue weighted by molar-refractivity contribution is 8.13. The number of halogens is 1. The van der Waals surface area contributed by atoms with Crippen molar-refractivity contribution in [2.24, 2.45) is 5.41 Å². The maximum atomic E-state index is 12.1. The lowest BCUT2D eigenvalue weighted by atomic mass is 9.97. The lowest BCUT2D eigenvalue weighted by Gasteiger charge is -2.26. The highest BCUT2D eigenvalue weighted by Gasteiger charge is 2.54. The van der Waals surface area contributed by atoms with Crippen LogP contribution < -0.4 is 11.4 Å². The van der Waals surface area contributed by atoms with E-state index in [0.29, 0.717) is 0 Å². The van der Waals surface area contributed by atoms with E-state index in [0.717, 1.165) is 16.3 Å². The Morgan fingerprint density at radius 3 is 2.81 bits per heavy atom. The second kappa shape index (κ2) is 10.7. The quantitative estimate of drug-likeness (QED) is 0.240. The van der Waals surface area contributed by atoms with Crippen LogP contribution in [-0.2, 0) is 23.1 Å². The van der Waals surface area contributed by atoms with Crippen LogP contribution in [0.1, 0.15) is 27.0 Å². The Kier molecular flexibility index (Phi) is 9.00. The fourth-order valence-corrected chi connectivity index (χ4v) is 4.44. The van der Waals surface area contributed by atoms with Crippen LogP contribution in [0, 0.1) is 5.41 Å². The Hall–Kier alpha value is -1.11. The summed E-state index contributed by atoms with van der Waals surface area (Å²) >= 11 is 7.37. The van der Waals surface area contributed by atoms with Crippen molar-refractivity contribution in [1.29, 1.82) is 0 Å². The van der Waals surface area contributed by atoms with Gasteiger partial charge in [-0.05, 0) is 26.8 Å². The Labute approximate surface area is 189 Å². The maximum Gasteiger partial charge on any atom is 0.697 e. The molecule has 1 aliphatic heterocycles. The number of thioether (sulfide) groups is 1. The van der Waals surface area contributed by atoms with E-state index in [4.69, 9.17) is 36.2 Å². The highest BCUT2D eigenvalue weighted by Crippen LogP contribution is 2.43. The number of ether oxygens (including phenoxy) is 1. The zero-order chi connectivity index (χ0) is 23.4. The first-order valence-corrected chi connectivity index (χ1v) is 11.7. The van der Waals surface area contributed by atoms with Crippen molar-refractivity contribution in [2.75, 3.05) is 31.3 Å². The Bertz CT molecular complexity index is 868. The molecule has 1 aliphatic rings. The number of nitrogens with two attached hydrogens (primary N) is 1. The van der Waals surface area contributed by atoms with E-state index in [9.17, 15) is 19.3 Å². The summed E-state index contributed by atoms with van der Waals surface area (Å²) in [5, 5.41) is 19.4. The van der Waals surface area contributed by atoms with Gasteiger partial charge in [0.05, 0.1) is 12.0 Å². The number of hydrogen-bond donors (Lipinski definition) is 3. The van der Waals surface area contributed by atoms with E-state index in [-0.39, 0.29) is 36.5 Å². The van der Waals surface area contributed by atoms with Crippen LogP contribution in [0.4, 0.5) is 5.82 Å². The van der Waals surface area contributed by atoms with Crippen LogP contribution >= 0.6 is 31.6 Å². The largest absolute Gasteiger partial charge is 0.697 e. The number of carbonyl (C=O) groups is 1. The molecule has 5 unspecified atom stereocenters. The van der Waals surface area contributed by atoms with Crippen molar-refractivity contribution in [2.45, 2.75) is 44.1 Å². The number of aromatic nitrogens is 2. The number of alkyl halides is 1. The molecular formula is C17H26ClN3O8PS+. The Morgan fingerprint density at radius 2 is 2.19 bits per heavy atom. The molecule has 0 radical (unpaired) electrons. The first-order chi connectivity index (χ1) is 14.4. The molecule has 5 atom stereocenters. The van der Waals surface area contributed by atoms with Gasteiger partial charge in [-0.25, -0.2) is 4.79 Å². The molecule has 2 rings (SSSR count). The number of anilines is 1. The minimum absolute atomic E-state index is 0.0243. The standard InChI is InChI=1S/C17H25ClN3O8PS/c1-16(2,9-22)14(24)31-7-6-27-30(26)28-8-10-12(23)17(3,18)13(29-10)21-5-4-11(19)20-15(21)25/h4-5,10,12-13,22-23H,6-9H2,1-3H3,(H-,19,20,25)/p+1. The van der Waals surface area contributed by atoms with Crippen LogP contribution in [0.25, 0.3) is 0 Å². The van der Waals surface area contributed by atoms with Crippen molar-refractivity contribution < 1.29 is 33.4 Å². The topological polar surface area (TPSA) is 163 Å². The van der Waals surface area contributed by atoms with Gasteiger partial charge in [0.25, 0.3) is 0 Å².